The van der Waals surface area contributed by atoms with Crippen molar-refractivity contribution in [2.24, 2.45) is 17.8 Å². The summed E-state index contributed by atoms with van der Waals surface area (Å²) in [4.78, 5) is 38.0. The minimum Gasteiger partial charge on any atom is -0.462 e. The molecular weight excluding hydrogens is 769 g/mol. The van der Waals surface area contributed by atoms with Crippen molar-refractivity contribution in [3.05, 3.63) is 0 Å². The summed E-state index contributed by atoms with van der Waals surface area (Å²) in [6.07, 6.45) is 48.1. The van der Waals surface area contributed by atoms with Crippen molar-refractivity contribution in [1.82, 2.24) is 0 Å². The zero-order valence-corrected chi connectivity index (χ0v) is 42.7. The first kappa shape index (κ1) is 60.4. The van der Waals surface area contributed by atoms with Gasteiger partial charge in [-0.1, -0.05) is 266 Å². The summed E-state index contributed by atoms with van der Waals surface area (Å²) >= 11 is 0. The van der Waals surface area contributed by atoms with Crippen molar-refractivity contribution in [1.29, 1.82) is 0 Å². The van der Waals surface area contributed by atoms with E-state index in [0.29, 0.717) is 19.3 Å². The fourth-order valence-electron chi connectivity index (χ4n) is 8.47. The molecule has 0 aliphatic heterocycles. The molecule has 62 heavy (non-hydrogen) atoms. The number of unbranched alkanes of at least 4 members (excludes halogenated alkanes) is 32. The molecule has 0 spiro atoms. The molecule has 0 aliphatic rings. The van der Waals surface area contributed by atoms with E-state index in [0.717, 1.165) is 75.5 Å². The van der Waals surface area contributed by atoms with Gasteiger partial charge in [0.1, 0.15) is 13.2 Å². The first-order valence-electron chi connectivity index (χ1n) is 27.6. The van der Waals surface area contributed by atoms with Gasteiger partial charge in [-0.05, 0) is 37.0 Å². The third-order valence-electron chi connectivity index (χ3n) is 12.6. The summed E-state index contributed by atoms with van der Waals surface area (Å²) in [5.41, 5.74) is 0. The molecule has 0 bridgehead atoms. The molecule has 0 aromatic heterocycles. The van der Waals surface area contributed by atoms with Gasteiger partial charge in [0, 0.05) is 19.3 Å². The third kappa shape index (κ3) is 49.4. The van der Waals surface area contributed by atoms with E-state index in [4.69, 9.17) is 14.2 Å². The lowest BCUT2D eigenvalue weighted by atomic mass is 10.0. The van der Waals surface area contributed by atoms with Crippen molar-refractivity contribution >= 4 is 17.9 Å². The van der Waals surface area contributed by atoms with Gasteiger partial charge in [0.25, 0.3) is 0 Å². The topological polar surface area (TPSA) is 78.9 Å². The highest BCUT2D eigenvalue weighted by molar-refractivity contribution is 5.71. The van der Waals surface area contributed by atoms with Crippen LogP contribution in [0.2, 0.25) is 0 Å². The van der Waals surface area contributed by atoms with Crippen LogP contribution in [0.15, 0.2) is 0 Å². The summed E-state index contributed by atoms with van der Waals surface area (Å²) in [5.74, 6) is 1.63. The highest BCUT2D eigenvalue weighted by Crippen LogP contribution is 2.18. The number of hydrogen-bond acceptors (Lipinski definition) is 6. The monoisotopic (exact) mass is 877 g/mol. The average Bonchev–Trinajstić information content (AvgIpc) is 3.23. The van der Waals surface area contributed by atoms with Gasteiger partial charge in [0.15, 0.2) is 6.10 Å². The summed E-state index contributed by atoms with van der Waals surface area (Å²) in [5, 5.41) is 0. The van der Waals surface area contributed by atoms with E-state index in [1.54, 1.807) is 0 Å². The molecule has 0 rings (SSSR count). The van der Waals surface area contributed by atoms with Crippen LogP contribution in [0.25, 0.3) is 0 Å². The Balaban J connectivity index is 4.28. The summed E-state index contributed by atoms with van der Waals surface area (Å²) in [7, 11) is 0. The molecule has 0 radical (unpaired) electrons. The number of carbonyl (C=O) groups is 3. The highest BCUT2D eigenvalue weighted by atomic mass is 16.6. The van der Waals surface area contributed by atoms with Gasteiger partial charge in [0.05, 0.1) is 0 Å². The second-order valence-electron chi connectivity index (χ2n) is 20.6. The Bertz CT molecular complexity index is 960. The minimum absolute atomic E-state index is 0.0641. The minimum atomic E-state index is -0.763. The van der Waals surface area contributed by atoms with E-state index in [-0.39, 0.29) is 31.1 Å². The van der Waals surface area contributed by atoms with Crippen molar-refractivity contribution in [2.75, 3.05) is 13.2 Å². The Labute approximate surface area is 387 Å². The molecule has 0 N–H and O–H groups in total. The van der Waals surface area contributed by atoms with E-state index < -0.39 is 6.10 Å². The van der Waals surface area contributed by atoms with Crippen LogP contribution in [-0.4, -0.2) is 37.2 Å². The molecule has 0 saturated heterocycles. The molecule has 0 aliphatic carbocycles. The maximum absolute atomic E-state index is 12.8. The fraction of sp³-hybridized carbons (Fsp3) is 0.946. The van der Waals surface area contributed by atoms with Gasteiger partial charge in [0.2, 0.25) is 0 Å². The lowest BCUT2D eigenvalue weighted by Crippen LogP contribution is -2.30. The number of rotatable bonds is 49. The number of esters is 3. The van der Waals surface area contributed by atoms with Crippen LogP contribution in [-0.2, 0) is 28.6 Å². The highest BCUT2D eigenvalue weighted by Gasteiger charge is 2.19. The zero-order chi connectivity index (χ0) is 45.6. The van der Waals surface area contributed by atoms with Crippen LogP contribution >= 0.6 is 0 Å². The van der Waals surface area contributed by atoms with Gasteiger partial charge in [-0.25, -0.2) is 0 Å². The number of hydrogen-bond donors (Lipinski definition) is 0. The molecule has 368 valence electrons. The summed E-state index contributed by atoms with van der Waals surface area (Å²) in [6, 6.07) is 0. The molecular formula is C56H108O6. The standard InChI is InChI=1S/C56H108O6/c1-50(2)42-36-30-24-18-13-10-8-7-9-11-15-21-27-33-39-45-54(57)60-48-53(49-61-55(58)46-40-34-28-23-17-20-26-32-38-44-52(5)6)62-56(59)47-41-35-29-22-16-12-14-19-25-31-37-43-51(3)4/h50-53H,7-49H2,1-6H3/t53-/m0/s1. The Hall–Kier alpha value is -1.59. The van der Waals surface area contributed by atoms with Crippen LogP contribution in [0.3, 0.4) is 0 Å². The third-order valence-corrected chi connectivity index (χ3v) is 12.6. The van der Waals surface area contributed by atoms with Gasteiger partial charge >= 0.3 is 17.9 Å². The average molecular weight is 877 g/mol. The first-order chi connectivity index (χ1) is 30.1. The number of ether oxygens (including phenoxy) is 3. The van der Waals surface area contributed by atoms with Crippen LogP contribution < -0.4 is 0 Å². The lowest BCUT2D eigenvalue weighted by molar-refractivity contribution is -0.167. The predicted molar refractivity (Wildman–Crippen MR) is 266 cm³/mol. The van der Waals surface area contributed by atoms with Crippen molar-refractivity contribution in [2.45, 2.75) is 311 Å². The van der Waals surface area contributed by atoms with Crippen LogP contribution in [0.4, 0.5) is 0 Å². The molecule has 0 amide bonds. The maximum Gasteiger partial charge on any atom is 0.306 e. The second-order valence-corrected chi connectivity index (χ2v) is 20.6. The zero-order valence-electron chi connectivity index (χ0n) is 42.7. The van der Waals surface area contributed by atoms with Gasteiger partial charge < -0.3 is 14.2 Å². The molecule has 6 heteroatoms. The predicted octanol–water partition coefficient (Wildman–Crippen LogP) is 17.9. The van der Waals surface area contributed by atoms with E-state index in [1.807, 2.05) is 0 Å². The smallest absolute Gasteiger partial charge is 0.306 e. The van der Waals surface area contributed by atoms with E-state index >= 15 is 0 Å². The van der Waals surface area contributed by atoms with Gasteiger partial charge in [-0.15, -0.1) is 0 Å². The molecule has 0 fully saturated rings. The summed E-state index contributed by atoms with van der Waals surface area (Å²) in [6.45, 7) is 13.7. The number of carbonyl (C=O) groups excluding carboxylic acids is 3. The SMILES string of the molecule is CC(C)CCCCCCCCCCCCCCCCCC(=O)OC[C@@H](COC(=O)CCCCCCCCCCCC(C)C)OC(=O)CCCCCCCCCCCCCC(C)C. The van der Waals surface area contributed by atoms with Gasteiger partial charge in [-0.3, -0.25) is 14.4 Å². The Morgan fingerprint density at radius 3 is 0.694 bits per heavy atom. The molecule has 0 heterocycles. The van der Waals surface area contributed by atoms with E-state index in [1.165, 1.54) is 186 Å². The maximum atomic E-state index is 12.8. The molecule has 0 aromatic carbocycles. The van der Waals surface area contributed by atoms with E-state index in [9.17, 15) is 14.4 Å². The molecule has 0 saturated carbocycles. The van der Waals surface area contributed by atoms with Crippen LogP contribution in [0, 0.1) is 17.8 Å². The van der Waals surface area contributed by atoms with Crippen LogP contribution in [0.1, 0.15) is 305 Å². The van der Waals surface area contributed by atoms with Gasteiger partial charge in [-0.2, -0.15) is 0 Å². The largest absolute Gasteiger partial charge is 0.462 e. The van der Waals surface area contributed by atoms with Crippen molar-refractivity contribution in [3.8, 4) is 0 Å². The molecule has 6 nitrogen and oxygen atoms in total. The van der Waals surface area contributed by atoms with Crippen molar-refractivity contribution in [3.63, 3.8) is 0 Å². The quantitative estimate of drug-likeness (QED) is 0.0344. The molecule has 1 atom stereocenters. The summed E-state index contributed by atoms with van der Waals surface area (Å²) < 4.78 is 16.9. The Kier molecular flexibility index (Phi) is 46.2. The van der Waals surface area contributed by atoms with E-state index in [2.05, 4.69) is 41.5 Å². The first-order valence-corrected chi connectivity index (χ1v) is 27.6. The molecule has 0 unspecified atom stereocenters. The van der Waals surface area contributed by atoms with Crippen LogP contribution in [0.5, 0.6) is 0 Å². The fourth-order valence-corrected chi connectivity index (χ4v) is 8.47. The normalized spacial score (nSPS) is 12.1. The lowest BCUT2D eigenvalue weighted by Gasteiger charge is -2.18. The Morgan fingerprint density at radius 2 is 0.468 bits per heavy atom. The van der Waals surface area contributed by atoms with Crippen molar-refractivity contribution < 1.29 is 28.6 Å². The second kappa shape index (κ2) is 47.4. The molecule has 0 aromatic rings. The Morgan fingerprint density at radius 1 is 0.274 bits per heavy atom.